The SMILES string of the molecule is CCC(CN)(Cc1ccccc1)N1CC(C)CC(C)C1. The largest absolute Gasteiger partial charge is 0.329 e. The molecule has 0 saturated carbocycles. The van der Waals surface area contributed by atoms with Gasteiger partial charge in [0.25, 0.3) is 0 Å². The lowest BCUT2D eigenvalue weighted by atomic mass is 9.81. The minimum Gasteiger partial charge on any atom is -0.329 e. The Morgan fingerprint density at radius 3 is 2.25 bits per heavy atom. The molecular weight excluding hydrogens is 244 g/mol. The van der Waals surface area contributed by atoms with Crippen LogP contribution in [0.1, 0.15) is 39.2 Å². The molecule has 1 aliphatic heterocycles. The monoisotopic (exact) mass is 274 g/mol. The maximum Gasteiger partial charge on any atom is 0.0369 e. The summed E-state index contributed by atoms with van der Waals surface area (Å²) in [5, 5.41) is 0. The molecule has 1 aromatic rings. The fourth-order valence-electron chi connectivity index (χ4n) is 3.83. The lowest BCUT2D eigenvalue weighted by molar-refractivity contribution is 0.0258. The number of benzene rings is 1. The first-order valence-corrected chi connectivity index (χ1v) is 8.08. The summed E-state index contributed by atoms with van der Waals surface area (Å²) in [6, 6.07) is 10.8. The fourth-order valence-corrected chi connectivity index (χ4v) is 3.83. The number of nitrogens with zero attached hydrogens (tertiary/aromatic N) is 1. The van der Waals surface area contributed by atoms with E-state index in [0.29, 0.717) is 0 Å². The molecule has 2 nitrogen and oxygen atoms in total. The second-order valence-corrected chi connectivity index (χ2v) is 6.80. The zero-order valence-electron chi connectivity index (χ0n) is 13.3. The number of rotatable bonds is 5. The molecule has 0 aromatic heterocycles. The molecule has 1 heterocycles. The molecule has 0 bridgehead atoms. The number of hydrogen-bond donors (Lipinski definition) is 1. The van der Waals surface area contributed by atoms with Crippen LogP contribution in [0, 0.1) is 11.8 Å². The van der Waals surface area contributed by atoms with Crippen LogP contribution in [0.5, 0.6) is 0 Å². The first kappa shape index (κ1) is 15.5. The van der Waals surface area contributed by atoms with Crippen molar-refractivity contribution in [1.82, 2.24) is 4.90 Å². The minimum atomic E-state index is 0.129. The minimum absolute atomic E-state index is 0.129. The van der Waals surface area contributed by atoms with Gasteiger partial charge < -0.3 is 5.73 Å². The van der Waals surface area contributed by atoms with E-state index in [1.807, 2.05) is 0 Å². The maximum absolute atomic E-state index is 6.25. The Labute approximate surface area is 124 Å². The van der Waals surface area contributed by atoms with Gasteiger partial charge in [0.1, 0.15) is 0 Å². The predicted octanol–water partition coefficient (Wildman–Crippen LogP) is 3.31. The number of nitrogens with two attached hydrogens (primary N) is 1. The normalized spacial score (nSPS) is 27.2. The van der Waals surface area contributed by atoms with Crippen molar-refractivity contribution in [1.29, 1.82) is 0 Å². The summed E-state index contributed by atoms with van der Waals surface area (Å²) in [7, 11) is 0. The Morgan fingerprint density at radius 1 is 1.15 bits per heavy atom. The van der Waals surface area contributed by atoms with Crippen LogP contribution in [0.3, 0.4) is 0 Å². The van der Waals surface area contributed by atoms with Crippen molar-refractivity contribution in [3.8, 4) is 0 Å². The topological polar surface area (TPSA) is 29.3 Å². The van der Waals surface area contributed by atoms with Gasteiger partial charge in [-0.3, -0.25) is 4.90 Å². The van der Waals surface area contributed by atoms with Crippen molar-refractivity contribution < 1.29 is 0 Å². The number of likely N-dealkylation sites (tertiary alicyclic amines) is 1. The van der Waals surface area contributed by atoms with Crippen LogP contribution >= 0.6 is 0 Å². The van der Waals surface area contributed by atoms with Crippen molar-refractivity contribution in [2.24, 2.45) is 17.6 Å². The molecule has 1 fully saturated rings. The zero-order chi connectivity index (χ0) is 14.6. The summed E-state index contributed by atoms with van der Waals surface area (Å²) < 4.78 is 0. The van der Waals surface area contributed by atoms with Crippen LogP contribution in [0.15, 0.2) is 30.3 Å². The Hall–Kier alpha value is -0.860. The van der Waals surface area contributed by atoms with Crippen molar-refractivity contribution in [2.75, 3.05) is 19.6 Å². The molecule has 112 valence electrons. The van der Waals surface area contributed by atoms with Crippen molar-refractivity contribution in [3.05, 3.63) is 35.9 Å². The van der Waals surface area contributed by atoms with Gasteiger partial charge in [0, 0.05) is 25.2 Å². The van der Waals surface area contributed by atoms with Gasteiger partial charge in [0.2, 0.25) is 0 Å². The third kappa shape index (κ3) is 3.42. The Bertz CT molecular complexity index is 387. The van der Waals surface area contributed by atoms with E-state index >= 15 is 0 Å². The van der Waals surface area contributed by atoms with Gasteiger partial charge >= 0.3 is 0 Å². The smallest absolute Gasteiger partial charge is 0.0369 e. The molecule has 1 aromatic carbocycles. The zero-order valence-corrected chi connectivity index (χ0v) is 13.3. The van der Waals surface area contributed by atoms with Gasteiger partial charge in [-0.2, -0.15) is 0 Å². The highest BCUT2D eigenvalue weighted by atomic mass is 15.2. The fraction of sp³-hybridized carbons (Fsp3) is 0.667. The summed E-state index contributed by atoms with van der Waals surface area (Å²) in [5.41, 5.74) is 7.78. The molecule has 0 amide bonds. The number of hydrogen-bond acceptors (Lipinski definition) is 2. The third-order valence-electron chi connectivity index (χ3n) is 4.95. The van der Waals surface area contributed by atoms with Gasteiger partial charge in [-0.05, 0) is 36.7 Å². The first-order chi connectivity index (χ1) is 9.59. The van der Waals surface area contributed by atoms with Gasteiger partial charge in [0.15, 0.2) is 0 Å². The van der Waals surface area contributed by atoms with Crippen molar-refractivity contribution in [3.63, 3.8) is 0 Å². The molecule has 2 rings (SSSR count). The quantitative estimate of drug-likeness (QED) is 0.892. The molecular formula is C18H30N2. The summed E-state index contributed by atoms with van der Waals surface area (Å²) in [6.07, 6.45) is 3.55. The van der Waals surface area contributed by atoms with Gasteiger partial charge in [-0.1, -0.05) is 51.1 Å². The molecule has 1 aliphatic rings. The number of piperidine rings is 1. The molecule has 1 saturated heterocycles. The summed E-state index contributed by atoms with van der Waals surface area (Å²) in [4.78, 5) is 2.68. The molecule has 0 spiro atoms. The third-order valence-corrected chi connectivity index (χ3v) is 4.95. The second kappa shape index (κ2) is 6.73. The molecule has 2 N–H and O–H groups in total. The Balaban J connectivity index is 2.20. The van der Waals surface area contributed by atoms with E-state index in [4.69, 9.17) is 5.73 Å². The van der Waals surface area contributed by atoms with E-state index in [-0.39, 0.29) is 5.54 Å². The van der Waals surface area contributed by atoms with E-state index in [9.17, 15) is 0 Å². The highest BCUT2D eigenvalue weighted by Gasteiger charge is 2.37. The van der Waals surface area contributed by atoms with E-state index in [1.165, 1.54) is 25.1 Å². The standard InChI is InChI=1S/C18H30N2/c1-4-18(14-19,11-17-8-6-5-7-9-17)20-12-15(2)10-16(3)13-20/h5-9,15-16H,4,10-14,19H2,1-3H3. The highest BCUT2D eigenvalue weighted by Crippen LogP contribution is 2.31. The average molecular weight is 274 g/mol. The molecule has 3 unspecified atom stereocenters. The van der Waals surface area contributed by atoms with Gasteiger partial charge in [-0.25, -0.2) is 0 Å². The maximum atomic E-state index is 6.25. The molecule has 3 atom stereocenters. The van der Waals surface area contributed by atoms with Gasteiger partial charge in [-0.15, -0.1) is 0 Å². The van der Waals surface area contributed by atoms with Crippen LogP contribution in [-0.4, -0.2) is 30.1 Å². The van der Waals surface area contributed by atoms with Gasteiger partial charge in [0.05, 0.1) is 0 Å². The Kier molecular flexibility index (Phi) is 5.22. The highest BCUT2D eigenvalue weighted by molar-refractivity contribution is 5.18. The second-order valence-electron chi connectivity index (χ2n) is 6.80. The van der Waals surface area contributed by atoms with Crippen LogP contribution in [0.2, 0.25) is 0 Å². The molecule has 0 radical (unpaired) electrons. The van der Waals surface area contributed by atoms with Crippen LogP contribution in [0.4, 0.5) is 0 Å². The lowest BCUT2D eigenvalue weighted by Gasteiger charge is -2.48. The van der Waals surface area contributed by atoms with E-state index < -0.39 is 0 Å². The first-order valence-electron chi connectivity index (χ1n) is 8.08. The van der Waals surface area contributed by atoms with Crippen molar-refractivity contribution in [2.45, 2.75) is 45.6 Å². The summed E-state index contributed by atoms with van der Waals surface area (Å²) in [6.45, 7) is 10.2. The molecule has 0 aliphatic carbocycles. The van der Waals surface area contributed by atoms with E-state index in [1.54, 1.807) is 0 Å². The van der Waals surface area contributed by atoms with E-state index in [2.05, 4.69) is 56.0 Å². The predicted molar refractivity (Wildman–Crippen MR) is 86.7 cm³/mol. The van der Waals surface area contributed by atoms with Crippen LogP contribution < -0.4 is 5.73 Å². The lowest BCUT2D eigenvalue weighted by Crippen LogP contribution is -2.59. The Morgan fingerprint density at radius 2 is 1.75 bits per heavy atom. The van der Waals surface area contributed by atoms with Crippen molar-refractivity contribution >= 4 is 0 Å². The molecule has 2 heteroatoms. The average Bonchev–Trinajstić information content (AvgIpc) is 2.45. The summed E-state index contributed by atoms with van der Waals surface area (Å²) in [5.74, 6) is 1.57. The van der Waals surface area contributed by atoms with Crippen LogP contribution in [-0.2, 0) is 6.42 Å². The van der Waals surface area contributed by atoms with Crippen LogP contribution in [0.25, 0.3) is 0 Å². The van der Waals surface area contributed by atoms with E-state index in [0.717, 1.165) is 31.2 Å². The molecule has 20 heavy (non-hydrogen) atoms. The summed E-state index contributed by atoms with van der Waals surface area (Å²) >= 11 is 0.